The van der Waals surface area contributed by atoms with Crippen molar-refractivity contribution in [2.75, 3.05) is 12.0 Å². The fraction of sp³-hybridized carbons (Fsp3) is 0.154. The number of amides is 1. The Morgan fingerprint density at radius 3 is 2.29 bits per heavy atom. The summed E-state index contributed by atoms with van der Waals surface area (Å²) < 4.78 is 19.0. The molecule has 34 heavy (non-hydrogen) atoms. The Balaban J connectivity index is 2.01. The van der Waals surface area contributed by atoms with Crippen LogP contribution in [-0.4, -0.2) is 23.9 Å². The zero-order valence-corrected chi connectivity index (χ0v) is 20.0. The molecule has 1 heterocycles. The zero-order valence-electron chi connectivity index (χ0n) is 18.5. The lowest BCUT2D eigenvalue weighted by Crippen LogP contribution is -2.29. The van der Waals surface area contributed by atoms with Crippen molar-refractivity contribution in [3.05, 3.63) is 98.3 Å². The van der Waals surface area contributed by atoms with E-state index in [1.165, 1.54) is 48.4 Å². The lowest BCUT2D eigenvalue weighted by Gasteiger charge is -2.26. The van der Waals surface area contributed by atoms with Crippen LogP contribution < -0.4 is 9.64 Å². The van der Waals surface area contributed by atoms with Gasteiger partial charge in [0.2, 0.25) is 0 Å². The van der Waals surface area contributed by atoms with Crippen molar-refractivity contribution in [3.8, 4) is 5.75 Å². The first-order valence-electron chi connectivity index (χ1n) is 10.3. The van der Waals surface area contributed by atoms with E-state index in [0.29, 0.717) is 11.3 Å². The Morgan fingerprint density at radius 1 is 1.00 bits per heavy atom. The van der Waals surface area contributed by atoms with Gasteiger partial charge in [0.05, 0.1) is 29.3 Å². The Labute approximate surface area is 206 Å². The van der Waals surface area contributed by atoms with Crippen LogP contribution in [0.15, 0.2) is 60.2 Å². The number of benzene rings is 3. The highest BCUT2D eigenvalue weighted by molar-refractivity contribution is 6.52. The van der Waals surface area contributed by atoms with E-state index in [1.807, 2.05) is 19.9 Å². The van der Waals surface area contributed by atoms with Gasteiger partial charge in [-0.1, -0.05) is 41.4 Å². The number of carbonyl (C=O) groups excluding carboxylic acids is 2. The van der Waals surface area contributed by atoms with Gasteiger partial charge in [-0.2, -0.15) is 0 Å². The molecule has 1 unspecified atom stereocenters. The summed E-state index contributed by atoms with van der Waals surface area (Å²) in [5.41, 5.74) is 2.70. The van der Waals surface area contributed by atoms with E-state index in [-0.39, 0.29) is 26.9 Å². The molecule has 3 aromatic carbocycles. The molecule has 0 spiro atoms. The highest BCUT2D eigenvalue weighted by atomic mass is 35.5. The second kappa shape index (κ2) is 9.12. The predicted molar refractivity (Wildman–Crippen MR) is 130 cm³/mol. The molecule has 1 atom stereocenters. The average Bonchev–Trinajstić information content (AvgIpc) is 3.06. The zero-order chi connectivity index (χ0) is 24.7. The third-order valence-electron chi connectivity index (χ3n) is 5.87. The molecular weight excluding hydrogens is 480 g/mol. The molecule has 0 aliphatic carbocycles. The van der Waals surface area contributed by atoms with Gasteiger partial charge in [0.15, 0.2) is 0 Å². The van der Waals surface area contributed by atoms with Gasteiger partial charge in [-0.15, -0.1) is 0 Å². The molecular formula is C26H20Cl2FNO4. The summed E-state index contributed by atoms with van der Waals surface area (Å²) in [6, 6.07) is 12.5. The van der Waals surface area contributed by atoms with Crippen LogP contribution in [0.3, 0.4) is 0 Å². The normalized spacial score (nSPS) is 17.4. The van der Waals surface area contributed by atoms with Gasteiger partial charge in [-0.25, -0.2) is 4.39 Å². The maximum atomic E-state index is 13.7. The van der Waals surface area contributed by atoms with E-state index in [9.17, 15) is 19.1 Å². The van der Waals surface area contributed by atoms with Crippen LogP contribution in [0.5, 0.6) is 5.75 Å². The fourth-order valence-electron chi connectivity index (χ4n) is 4.02. The minimum absolute atomic E-state index is 0.0604. The van der Waals surface area contributed by atoms with Gasteiger partial charge in [0, 0.05) is 10.7 Å². The second-order valence-electron chi connectivity index (χ2n) is 7.96. The largest absolute Gasteiger partial charge is 0.507 e. The third kappa shape index (κ3) is 4.04. The van der Waals surface area contributed by atoms with Crippen molar-refractivity contribution in [2.24, 2.45) is 0 Å². The standard InChI is InChI=1S/C26H20Cl2FNO4/c1-13-4-9-18(10-14(13)2)30-22(15-5-7-17(29)8-6-15)21(24(32)26(30)33)23(31)19-11-16(27)12-20(28)25(19)34-3/h4-12,22,31H,1-3H3/b23-21+. The number of methoxy groups -OCH3 is 1. The number of Topliss-reactive ketones (excluding diaryl/α,β-unsaturated/α-hetero) is 1. The first-order valence-corrected chi connectivity index (χ1v) is 11.1. The topological polar surface area (TPSA) is 66.8 Å². The molecule has 3 aromatic rings. The van der Waals surface area contributed by atoms with Gasteiger partial charge < -0.3 is 9.84 Å². The summed E-state index contributed by atoms with van der Waals surface area (Å²) in [7, 11) is 1.36. The van der Waals surface area contributed by atoms with Crippen molar-refractivity contribution >= 4 is 46.3 Å². The summed E-state index contributed by atoms with van der Waals surface area (Å²) in [5.74, 6) is -2.61. The Morgan fingerprint density at radius 2 is 1.68 bits per heavy atom. The third-order valence-corrected chi connectivity index (χ3v) is 6.37. The van der Waals surface area contributed by atoms with E-state index in [1.54, 1.807) is 12.1 Å². The lowest BCUT2D eigenvalue weighted by molar-refractivity contribution is -0.132. The first-order chi connectivity index (χ1) is 16.1. The SMILES string of the molecule is COc1c(Cl)cc(Cl)cc1/C(O)=C1\C(=O)C(=O)N(c2ccc(C)c(C)c2)C1c1ccc(F)cc1. The van der Waals surface area contributed by atoms with Gasteiger partial charge in [-0.3, -0.25) is 14.5 Å². The van der Waals surface area contributed by atoms with Crippen LogP contribution in [-0.2, 0) is 9.59 Å². The number of aliphatic hydroxyl groups excluding tert-OH is 1. The first kappa shape index (κ1) is 23.8. The van der Waals surface area contributed by atoms with Crippen molar-refractivity contribution in [1.82, 2.24) is 0 Å². The fourth-order valence-corrected chi connectivity index (χ4v) is 4.59. The number of anilines is 1. The predicted octanol–water partition coefficient (Wildman–Crippen LogP) is 6.38. The van der Waals surface area contributed by atoms with Crippen molar-refractivity contribution in [1.29, 1.82) is 0 Å². The van der Waals surface area contributed by atoms with Crippen LogP contribution in [0.2, 0.25) is 10.0 Å². The van der Waals surface area contributed by atoms with Crippen molar-refractivity contribution in [3.63, 3.8) is 0 Å². The maximum absolute atomic E-state index is 13.7. The Bertz CT molecular complexity index is 1350. The number of ether oxygens (including phenoxy) is 1. The molecule has 1 saturated heterocycles. The number of hydrogen-bond donors (Lipinski definition) is 1. The monoisotopic (exact) mass is 499 g/mol. The number of nitrogens with zero attached hydrogens (tertiary/aromatic N) is 1. The molecule has 1 aliphatic rings. The maximum Gasteiger partial charge on any atom is 0.300 e. The molecule has 0 aromatic heterocycles. The second-order valence-corrected chi connectivity index (χ2v) is 8.80. The minimum atomic E-state index is -1.02. The Hall–Kier alpha value is -3.35. The highest BCUT2D eigenvalue weighted by Crippen LogP contribution is 2.45. The molecule has 1 amide bonds. The summed E-state index contributed by atoms with van der Waals surface area (Å²) >= 11 is 12.4. The van der Waals surface area contributed by atoms with E-state index >= 15 is 0 Å². The van der Waals surface area contributed by atoms with Crippen LogP contribution in [0, 0.1) is 19.7 Å². The molecule has 174 valence electrons. The van der Waals surface area contributed by atoms with Crippen molar-refractivity contribution < 1.29 is 23.8 Å². The van der Waals surface area contributed by atoms with Crippen LogP contribution in [0.25, 0.3) is 5.76 Å². The minimum Gasteiger partial charge on any atom is -0.507 e. The summed E-state index contributed by atoms with van der Waals surface area (Å²) in [5, 5.41) is 11.7. The number of aryl methyl sites for hydroxylation is 2. The van der Waals surface area contributed by atoms with E-state index < -0.39 is 29.3 Å². The molecule has 1 fully saturated rings. The van der Waals surface area contributed by atoms with Gasteiger partial charge in [-0.05, 0) is 66.9 Å². The number of carbonyl (C=O) groups is 2. The molecule has 8 heteroatoms. The molecule has 1 N–H and O–H groups in total. The quantitative estimate of drug-likeness (QED) is 0.256. The molecule has 0 saturated carbocycles. The summed E-state index contributed by atoms with van der Waals surface area (Å²) in [6.45, 7) is 3.82. The molecule has 0 radical (unpaired) electrons. The number of hydrogen-bond acceptors (Lipinski definition) is 4. The molecule has 1 aliphatic heterocycles. The van der Waals surface area contributed by atoms with E-state index in [0.717, 1.165) is 11.1 Å². The number of aliphatic hydroxyl groups is 1. The molecule has 4 rings (SSSR count). The molecule has 5 nitrogen and oxygen atoms in total. The number of rotatable bonds is 4. The van der Waals surface area contributed by atoms with Gasteiger partial charge in [0.1, 0.15) is 17.3 Å². The van der Waals surface area contributed by atoms with Crippen molar-refractivity contribution in [2.45, 2.75) is 19.9 Å². The highest BCUT2D eigenvalue weighted by Gasteiger charge is 2.47. The molecule has 0 bridgehead atoms. The number of ketones is 1. The van der Waals surface area contributed by atoms with Crippen LogP contribution in [0.1, 0.15) is 28.3 Å². The van der Waals surface area contributed by atoms with Crippen LogP contribution >= 0.6 is 23.2 Å². The Kier molecular flexibility index (Phi) is 6.39. The van der Waals surface area contributed by atoms with E-state index in [2.05, 4.69) is 0 Å². The average molecular weight is 500 g/mol. The summed E-state index contributed by atoms with van der Waals surface area (Å²) in [4.78, 5) is 27.8. The smallest absolute Gasteiger partial charge is 0.300 e. The van der Waals surface area contributed by atoms with Gasteiger partial charge >= 0.3 is 0 Å². The number of halogens is 3. The van der Waals surface area contributed by atoms with Gasteiger partial charge in [0.25, 0.3) is 11.7 Å². The lowest BCUT2D eigenvalue weighted by atomic mass is 9.94. The summed E-state index contributed by atoms with van der Waals surface area (Å²) in [6.07, 6.45) is 0. The van der Waals surface area contributed by atoms with Crippen LogP contribution in [0.4, 0.5) is 10.1 Å². The van der Waals surface area contributed by atoms with E-state index in [4.69, 9.17) is 27.9 Å².